The summed E-state index contributed by atoms with van der Waals surface area (Å²) in [6, 6.07) is 17.4. The van der Waals surface area contributed by atoms with E-state index in [-0.39, 0.29) is 11.9 Å². The van der Waals surface area contributed by atoms with Crippen LogP contribution in [0.25, 0.3) is 0 Å². The molecule has 0 spiro atoms. The number of hydrogen-bond donors (Lipinski definition) is 1. The van der Waals surface area contributed by atoms with Gasteiger partial charge in [-0.15, -0.1) is 0 Å². The molecule has 1 amide bonds. The van der Waals surface area contributed by atoms with Crippen LogP contribution in [0.1, 0.15) is 28.7 Å². The molecule has 0 saturated carbocycles. The highest BCUT2D eigenvalue weighted by Crippen LogP contribution is 2.33. The highest BCUT2D eigenvalue weighted by atomic mass is 16.5. The highest BCUT2D eigenvalue weighted by molar-refractivity contribution is 6.06. The molecule has 1 N–H and O–H groups in total. The number of methoxy groups -OCH3 is 1. The number of nitrogens with one attached hydrogen (secondary N) is 1. The molecule has 0 saturated heterocycles. The molecule has 28 heavy (non-hydrogen) atoms. The first-order chi connectivity index (χ1) is 13.6. The van der Waals surface area contributed by atoms with Crippen LogP contribution < -0.4 is 15.0 Å². The Hall–Kier alpha value is -3.41. The number of carbonyl (C=O) groups excluding carboxylic acids is 1. The van der Waals surface area contributed by atoms with Crippen molar-refractivity contribution in [1.29, 1.82) is 0 Å². The summed E-state index contributed by atoms with van der Waals surface area (Å²) in [6.45, 7) is 3.91. The van der Waals surface area contributed by atoms with Crippen LogP contribution in [0.4, 0.5) is 17.3 Å². The number of ether oxygens (including phenoxy) is 1. The lowest BCUT2D eigenvalue weighted by Crippen LogP contribution is -2.36. The number of aromatic nitrogens is 2. The maximum Gasteiger partial charge on any atom is 0.277 e. The van der Waals surface area contributed by atoms with E-state index < -0.39 is 0 Å². The lowest BCUT2D eigenvalue weighted by atomic mass is 10.1. The summed E-state index contributed by atoms with van der Waals surface area (Å²) in [6.07, 6.45) is 0.846. The molecule has 6 heteroatoms. The lowest BCUT2D eigenvalue weighted by molar-refractivity contribution is 0.0976. The average molecular weight is 374 g/mol. The Balaban J connectivity index is 1.67. The highest BCUT2D eigenvalue weighted by Gasteiger charge is 2.32. The molecule has 1 unspecified atom stereocenters. The average Bonchev–Trinajstić information content (AvgIpc) is 3.03. The van der Waals surface area contributed by atoms with E-state index in [1.807, 2.05) is 54.3 Å². The third kappa shape index (κ3) is 3.29. The van der Waals surface area contributed by atoms with Crippen molar-refractivity contribution in [1.82, 2.24) is 9.97 Å². The number of nitrogens with zero attached hydrogens (tertiary/aromatic N) is 3. The van der Waals surface area contributed by atoms with Gasteiger partial charge in [0.2, 0.25) is 5.95 Å². The monoisotopic (exact) mass is 374 g/mol. The van der Waals surface area contributed by atoms with Crippen LogP contribution in [0, 0.1) is 6.92 Å². The molecule has 2 aromatic carbocycles. The zero-order valence-corrected chi connectivity index (χ0v) is 16.1. The van der Waals surface area contributed by atoms with Crippen LogP contribution in [0.5, 0.6) is 5.75 Å². The normalized spacial score (nSPS) is 15.2. The number of carbonyl (C=O) groups is 1. The third-order valence-electron chi connectivity index (χ3n) is 4.85. The van der Waals surface area contributed by atoms with Gasteiger partial charge in [-0.25, -0.2) is 9.97 Å². The smallest absolute Gasteiger partial charge is 0.277 e. The zero-order chi connectivity index (χ0) is 19.7. The lowest BCUT2D eigenvalue weighted by Gasteiger charge is -2.22. The second-order valence-electron chi connectivity index (χ2n) is 6.90. The summed E-state index contributed by atoms with van der Waals surface area (Å²) in [5, 5.41) is 3.16. The number of benzene rings is 2. The van der Waals surface area contributed by atoms with Gasteiger partial charge in [0.15, 0.2) is 0 Å². The number of anilines is 3. The van der Waals surface area contributed by atoms with Gasteiger partial charge in [-0.1, -0.05) is 30.3 Å². The van der Waals surface area contributed by atoms with Crippen LogP contribution in [0.2, 0.25) is 0 Å². The van der Waals surface area contributed by atoms with Crippen molar-refractivity contribution in [2.45, 2.75) is 26.3 Å². The minimum absolute atomic E-state index is 0.0887. The summed E-state index contributed by atoms with van der Waals surface area (Å²) >= 11 is 0. The minimum Gasteiger partial charge on any atom is -0.495 e. The van der Waals surface area contributed by atoms with Gasteiger partial charge in [-0.05, 0) is 50.1 Å². The molecule has 1 aromatic heterocycles. The Labute approximate surface area is 164 Å². The predicted molar refractivity (Wildman–Crippen MR) is 109 cm³/mol. The van der Waals surface area contributed by atoms with Gasteiger partial charge in [0.05, 0.1) is 12.8 Å². The van der Waals surface area contributed by atoms with E-state index in [1.165, 1.54) is 5.56 Å². The molecule has 142 valence electrons. The van der Waals surface area contributed by atoms with Gasteiger partial charge >= 0.3 is 0 Å². The van der Waals surface area contributed by atoms with E-state index in [4.69, 9.17) is 4.74 Å². The van der Waals surface area contributed by atoms with Crippen LogP contribution in [0.15, 0.2) is 54.6 Å². The van der Waals surface area contributed by atoms with Gasteiger partial charge in [0.25, 0.3) is 5.91 Å². The fraction of sp³-hybridized carbons (Fsp3) is 0.227. The molecule has 6 nitrogen and oxygen atoms in total. The second-order valence-corrected chi connectivity index (χ2v) is 6.90. The van der Waals surface area contributed by atoms with E-state index in [9.17, 15) is 4.79 Å². The minimum atomic E-state index is -0.119. The number of para-hydroxylation sites is 3. The summed E-state index contributed by atoms with van der Waals surface area (Å²) in [7, 11) is 1.61. The predicted octanol–water partition coefficient (Wildman–Crippen LogP) is 4.13. The molecule has 0 fully saturated rings. The first kappa shape index (κ1) is 18.0. The van der Waals surface area contributed by atoms with Crippen molar-refractivity contribution < 1.29 is 9.53 Å². The molecule has 4 rings (SSSR count). The van der Waals surface area contributed by atoms with Crippen molar-refractivity contribution in [3.05, 3.63) is 71.5 Å². The maximum atomic E-state index is 13.3. The number of amides is 1. The van der Waals surface area contributed by atoms with Crippen LogP contribution in [0.3, 0.4) is 0 Å². The number of rotatable bonds is 4. The van der Waals surface area contributed by atoms with Crippen molar-refractivity contribution in [3.8, 4) is 5.75 Å². The summed E-state index contributed by atoms with van der Waals surface area (Å²) < 4.78 is 5.37. The van der Waals surface area contributed by atoms with E-state index in [0.717, 1.165) is 23.5 Å². The Kier molecular flexibility index (Phi) is 4.69. The summed E-state index contributed by atoms with van der Waals surface area (Å²) in [4.78, 5) is 24.0. The van der Waals surface area contributed by atoms with Crippen LogP contribution >= 0.6 is 0 Å². The zero-order valence-electron chi connectivity index (χ0n) is 16.1. The Morgan fingerprint density at radius 1 is 1.14 bits per heavy atom. The third-order valence-corrected chi connectivity index (χ3v) is 4.85. The molecule has 1 atom stereocenters. The van der Waals surface area contributed by atoms with Crippen molar-refractivity contribution >= 4 is 23.2 Å². The fourth-order valence-electron chi connectivity index (χ4n) is 3.60. The topological polar surface area (TPSA) is 67.3 Å². The van der Waals surface area contributed by atoms with Gasteiger partial charge in [0, 0.05) is 17.4 Å². The van der Waals surface area contributed by atoms with Crippen molar-refractivity contribution in [2.24, 2.45) is 0 Å². The summed E-state index contributed by atoms with van der Waals surface area (Å²) in [5.74, 6) is 0.932. The Morgan fingerprint density at radius 2 is 1.89 bits per heavy atom. The molecule has 0 bridgehead atoms. The van der Waals surface area contributed by atoms with Crippen molar-refractivity contribution in [2.75, 3.05) is 17.3 Å². The molecule has 1 aliphatic rings. The molecule has 3 aromatic rings. The van der Waals surface area contributed by atoms with Gasteiger partial charge in [-0.3, -0.25) is 4.79 Å². The van der Waals surface area contributed by atoms with E-state index >= 15 is 0 Å². The number of aryl methyl sites for hydroxylation is 1. The van der Waals surface area contributed by atoms with E-state index in [1.54, 1.807) is 13.2 Å². The fourth-order valence-corrected chi connectivity index (χ4v) is 3.60. The second kappa shape index (κ2) is 7.31. The summed E-state index contributed by atoms with van der Waals surface area (Å²) in [5.41, 5.74) is 3.97. The number of fused-ring (bicyclic) bond motifs is 1. The molecule has 2 heterocycles. The molecular weight excluding hydrogens is 352 g/mol. The van der Waals surface area contributed by atoms with Gasteiger partial charge < -0.3 is 15.0 Å². The standard InChI is InChI=1S/C22H22N4O2/c1-14-12-18(21(27)26-15(2)13-16-8-4-6-10-19(16)26)25-22(23-14)24-17-9-5-7-11-20(17)28-3/h4-12,15H,13H2,1-3H3,(H,23,24,25). The molecule has 0 radical (unpaired) electrons. The van der Waals surface area contributed by atoms with Gasteiger partial charge in [-0.2, -0.15) is 0 Å². The van der Waals surface area contributed by atoms with E-state index in [2.05, 4.69) is 28.3 Å². The largest absolute Gasteiger partial charge is 0.495 e. The quantitative estimate of drug-likeness (QED) is 0.744. The van der Waals surface area contributed by atoms with Crippen LogP contribution in [-0.4, -0.2) is 29.0 Å². The molecule has 0 aliphatic carbocycles. The molecule has 1 aliphatic heterocycles. The molecular formula is C22H22N4O2. The Bertz CT molecular complexity index is 1030. The first-order valence-electron chi connectivity index (χ1n) is 9.24. The first-order valence-corrected chi connectivity index (χ1v) is 9.24. The Morgan fingerprint density at radius 3 is 2.71 bits per heavy atom. The SMILES string of the molecule is COc1ccccc1Nc1nc(C)cc(C(=O)N2c3ccccc3CC2C)n1. The number of hydrogen-bond acceptors (Lipinski definition) is 5. The van der Waals surface area contributed by atoms with E-state index in [0.29, 0.717) is 17.4 Å². The maximum absolute atomic E-state index is 13.3. The van der Waals surface area contributed by atoms with Crippen molar-refractivity contribution in [3.63, 3.8) is 0 Å². The van der Waals surface area contributed by atoms with Crippen LogP contribution in [-0.2, 0) is 6.42 Å². The van der Waals surface area contributed by atoms with Gasteiger partial charge in [0.1, 0.15) is 11.4 Å².